The summed E-state index contributed by atoms with van der Waals surface area (Å²) in [5.74, 6) is 2.64. The fraction of sp³-hybridized carbons (Fsp3) is 0.167. The van der Waals surface area contributed by atoms with Gasteiger partial charge in [0.05, 0.1) is 30.9 Å². The van der Waals surface area contributed by atoms with Crippen LogP contribution in [-0.4, -0.2) is 24.2 Å². The van der Waals surface area contributed by atoms with E-state index in [9.17, 15) is 0 Å². The third-order valence-electron chi connectivity index (χ3n) is 4.95. The highest BCUT2D eigenvalue weighted by Crippen LogP contribution is 2.35. The Morgan fingerprint density at radius 3 is 2.10 bits per heavy atom. The number of anilines is 3. The average Bonchev–Trinajstić information content (AvgIpc) is 2.79. The van der Waals surface area contributed by atoms with Crippen molar-refractivity contribution >= 4 is 40.3 Å². The molecule has 0 radical (unpaired) electrons. The van der Waals surface area contributed by atoms with Crippen LogP contribution in [0.2, 0.25) is 0 Å². The summed E-state index contributed by atoms with van der Waals surface area (Å²) in [6.45, 7) is 4.15. The molecule has 158 valence electrons. The molecule has 0 atom stereocenters. The van der Waals surface area contributed by atoms with E-state index in [1.807, 2.05) is 48.5 Å². The van der Waals surface area contributed by atoms with Crippen molar-refractivity contribution in [2.45, 2.75) is 18.7 Å². The SMILES string of the molecule is COc1ccc(OC)c(Nc2nc3cc(C)c(C)cc3nc2NSc2ccccc2)c1. The van der Waals surface area contributed by atoms with Crippen molar-refractivity contribution in [2.24, 2.45) is 0 Å². The number of ether oxygens (including phenoxy) is 2. The molecule has 31 heavy (non-hydrogen) atoms. The van der Waals surface area contributed by atoms with Gasteiger partial charge in [-0.1, -0.05) is 18.2 Å². The average molecular weight is 433 g/mol. The number of nitrogens with zero attached hydrogens (tertiary/aromatic N) is 2. The van der Waals surface area contributed by atoms with Crippen LogP contribution >= 0.6 is 11.9 Å². The number of rotatable bonds is 7. The Labute approximate surface area is 186 Å². The smallest absolute Gasteiger partial charge is 0.180 e. The van der Waals surface area contributed by atoms with Crippen LogP contribution in [0.1, 0.15) is 11.1 Å². The molecule has 0 saturated carbocycles. The van der Waals surface area contributed by atoms with Crippen molar-refractivity contribution in [1.29, 1.82) is 0 Å². The van der Waals surface area contributed by atoms with Gasteiger partial charge in [-0.2, -0.15) is 0 Å². The van der Waals surface area contributed by atoms with Gasteiger partial charge in [0, 0.05) is 11.0 Å². The van der Waals surface area contributed by atoms with E-state index in [1.165, 1.54) is 23.1 Å². The first-order valence-corrected chi connectivity index (χ1v) is 10.6. The lowest BCUT2D eigenvalue weighted by Gasteiger charge is -2.16. The first kappa shape index (κ1) is 20.8. The predicted molar refractivity (Wildman–Crippen MR) is 128 cm³/mol. The molecule has 4 rings (SSSR count). The molecule has 6 nitrogen and oxygen atoms in total. The molecular weight excluding hydrogens is 408 g/mol. The summed E-state index contributed by atoms with van der Waals surface area (Å²) >= 11 is 1.48. The lowest BCUT2D eigenvalue weighted by molar-refractivity contribution is 0.405. The lowest BCUT2D eigenvalue weighted by atomic mass is 10.1. The molecule has 7 heteroatoms. The lowest BCUT2D eigenvalue weighted by Crippen LogP contribution is -2.04. The quantitative estimate of drug-likeness (QED) is 0.341. The Hall–Kier alpha value is -3.45. The monoisotopic (exact) mass is 432 g/mol. The largest absolute Gasteiger partial charge is 0.497 e. The maximum absolute atomic E-state index is 5.52. The van der Waals surface area contributed by atoms with Gasteiger partial charge in [-0.05, 0) is 73.3 Å². The molecule has 0 aliphatic carbocycles. The second kappa shape index (κ2) is 9.14. The molecule has 4 aromatic rings. The van der Waals surface area contributed by atoms with Crippen LogP contribution in [0.4, 0.5) is 17.3 Å². The third kappa shape index (κ3) is 4.67. The molecule has 0 fully saturated rings. The summed E-state index contributed by atoms with van der Waals surface area (Å²) in [7, 11) is 3.27. The van der Waals surface area contributed by atoms with Gasteiger partial charge in [0.25, 0.3) is 0 Å². The molecule has 0 aliphatic heterocycles. The van der Waals surface area contributed by atoms with Crippen molar-refractivity contribution < 1.29 is 9.47 Å². The second-order valence-corrected chi connectivity index (χ2v) is 7.93. The fourth-order valence-electron chi connectivity index (χ4n) is 3.11. The van der Waals surface area contributed by atoms with Crippen LogP contribution in [-0.2, 0) is 0 Å². The molecular formula is C24H24N4O2S. The van der Waals surface area contributed by atoms with Gasteiger partial charge in [-0.15, -0.1) is 0 Å². The maximum atomic E-state index is 5.52. The van der Waals surface area contributed by atoms with Crippen molar-refractivity contribution in [3.8, 4) is 11.5 Å². The van der Waals surface area contributed by atoms with Crippen molar-refractivity contribution in [3.05, 3.63) is 71.8 Å². The van der Waals surface area contributed by atoms with Gasteiger partial charge in [-0.3, -0.25) is 0 Å². The van der Waals surface area contributed by atoms with E-state index in [4.69, 9.17) is 19.4 Å². The van der Waals surface area contributed by atoms with Crippen molar-refractivity contribution in [2.75, 3.05) is 24.3 Å². The number of benzene rings is 3. The minimum Gasteiger partial charge on any atom is -0.497 e. The van der Waals surface area contributed by atoms with Gasteiger partial charge in [0.15, 0.2) is 11.6 Å². The molecule has 0 amide bonds. The summed E-state index contributed by atoms with van der Waals surface area (Å²) < 4.78 is 14.2. The highest BCUT2D eigenvalue weighted by atomic mass is 32.2. The van der Waals surface area contributed by atoms with Gasteiger partial charge < -0.3 is 19.5 Å². The van der Waals surface area contributed by atoms with E-state index >= 15 is 0 Å². The molecule has 0 aliphatic rings. The molecule has 0 spiro atoms. The Morgan fingerprint density at radius 2 is 1.45 bits per heavy atom. The van der Waals surface area contributed by atoms with E-state index in [0.29, 0.717) is 17.4 Å². The maximum Gasteiger partial charge on any atom is 0.180 e. The number of hydrogen-bond acceptors (Lipinski definition) is 7. The number of methoxy groups -OCH3 is 2. The summed E-state index contributed by atoms with van der Waals surface area (Å²) in [5.41, 5.74) is 4.75. The summed E-state index contributed by atoms with van der Waals surface area (Å²) in [5, 5.41) is 3.37. The standard InChI is InChI=1S/C24H24N4O2S/c1-15-12-19-20(13-16(15)2)26-24(28-31-18-8-6-5-7-9-18)23(25-19)27-21-14-17(29-3)10-11-22(21)30-4/h5-14H,1-4H3,(H,25,27)(H,26,28). The highest BCUT2D eigenvalue weighted by molar-refractivity contribution is 8.00. The Balaban J connectivity index is 1.77. The number of aryl methyl sites for hydroxylation is 2. The number of aromatic nitrogens is 2. The molecule has 1 heterocycles. The summed E-state index contributed by atoms with van der Waals surface area (Å²) in [6, 6.07) is 19.8. The van der Waals surface area contributed by atoms with Crippen LogP contribution in [0, 0.1) is 13.8 Å². The zero-order chi connectivity index (χ0) is 21.8. The zero-order valence-electron chi connectivity index (χ0n) is 17.9. The predicted octanol–water partition coefficient (Wildman–Crippen LogP) is 6.13. The van der Waals surface area contributed by atoms with Crippen LogP contribution in [0.25, 0.3) is 11.0 Å². The Bertz CT molecular complexity index is 1220. The summed E-state index contributed by atoms with van der Waals surface area (Å²) in [4.78, 5) is 10.8. The molecule has 0 saturated heterocycles. The van der Waals surface area contributed by atoms with Gasteiger partial charge in [0.2, 0.25) is 0 Å². The van der Waals surface area contributed by atoms with E-state index < -0.39 is 0 Å². The highest BCUT2D eigenvalue weighted by Gasteiger charge is 2.14. The summed E-state index contributed by atoms with van der Waals surface area (Å²) in [6.07, 6.45) is 0. The normalized spacial score (nSPS) is 10.7. The van der Waals surface area contributed by atoms with E-state index in [1.54, 1.807) is 14.2 Å². The van der Waals surface area contributed by atoms with E-state index in [2.05, 4.69) is 36.0 Å². The third-order valence-corrected chi connectivity index (χ3v) is 5.75. The second-order valence-electron chi connectivity index (χ2n) is 7.05. The first-order chi connectivity index (χ1) is 15.1. The zero-order valence-corrected chi connectivity index (χ0v) is 18.7. The van der Waals surface area contributed by atoms with Crippen molar-refractivity contribution in [3.63, 3.8) is 0 Å². The fourth-order valence-corrected chi connectivity index (χ4v) is 3.76. The van der Waals surface area contributed by atoms with E-state index in [0.717, 1.165) is 27.4 Å². The van der Waals surface area contributed by atoms with Gasteiger partial charge in [-0.25, -0.2) is 9.97 Å². The molecule has 2 N–H and O–H groups in total. The van der Waals surface area contributed by atoms with Crippen molar-refractivity contribution in [1.82, 2.24) is 9.97 Å². The minimum absolute atomic E-state index is 0.603. The van der Waals surface area contributed by atoms with Gasteiger partial charge in [0.1, 0.15) is 11.5 Å². The minimum atomic E-state index is 0.603. The number of fused-ring (bicyclic) bond motifs is 1. The topological polar surface area (TPSA) is 68.3 Å². The molecule has 0 bridgehead atoms. The van der Waals surface area contributed by atoms with Gasteiger partial charge >= 0.3 is 0 Å². The van der Waals surface area contributed by atoms with E-state index in [-0.39, 0.29) is 0 Å². The van der Waals surface area contributed by atoms with Crippen LogP contribution in [0.15, 0.2) is 65.6 Å². The molecule has 3 aromatic carbocycles. The molecule has 1 aromatic heterocycles. The number of nitrogens with one attached hydrogen (secondary N) is 2. The van der Waals surface area contributed by atoms with Crippen LogP contribution in [0.3, 0.4) is 0 Å². The first-order valence-electron chi connectivity index (χ1n) is 9.83. The van der Waals surface area contributed by atoms with Crippen LogP contribution < -0.4 is 19.5 Å². The Kier molecular flexibility index (Phi) is 6.13. The Morgan fingerprint density at radius 1 is 0.774 bits per heavy atom. The molecule has 0 unspecified atom stereocenters. The number of hydrogen-bond donors (Lipinski definition) is 2. The van der Waals surface area contributed by atoms with Crippen LogP contribution in [0.5, 0.6) is 11.5 Å².